The Morgan fingerprint density at radius 1 is 0.760 bits per heavy atom. The Morgan fingerprint density at radius 2 is 1.40 bits per heavy atom. The van der Waals surface area contributed by atoms with E-state index in [1.807, 2.05) is 30.3 Å². The summed E-state index contributed by atoms with van der Waals surface area (Å²) in [5, 5.41) is 2.49. The molecule has 0 atom stereocenters. The number of halogens is 3. The second-order valence-corrected chi connectivity index (χ2v) is 5.48. The number of benzene rings is 3. The predicted octanol–water partition coefficient (Wildman–Crippen LogP) is 5.62. The highest BCUT2D eigenvalue weighted by Gasteiger charge is 2.30. The van der Waals surface area contributed by atoms with E-state index in [2.05, 4.69) is 5.32 Å². The lowest BCUT2D eigenvalue weighted by Crippen LogP contribution is -2.13. The molecule has 5 heteroatoms. The highest BCUT2D eigenvalue weighted by molar-refractivity contribution is 6.04. The molecule has 0 bridgehead atoms. The molecular weight excluding hydrogens is 327 g/mol. The fraction of sp³-hybridized carbons (Fsp3) is 0.0500. The number of amides is 1. The van der Waals surface area contributed by atoms with Gasteiger partial charge in [0.05, 0.1) is 5.56 Å². The van der Waals surface area contributed by atoms with E-state index >= 15 is 0 Å². The number of alkyl halides is 3. The van der Waals surface area contributed by atoms with Gasteiger partial charge in [-0.25, -0.2) is 0 Å². The summed E-state index contributed by atoms with van der Waals surface area (Å²) in [4.78, 5) is 12.2. The second kappa shape index (κ2) is 6.81. The highest BCUT2D eigenvalue weighted by atomic mass is 19.4. The van der Waals surface area contributed by atoms with E-state index in [9.17, 15) is 18.0 Å². The average Bonchev–Trinajstić information content (AvgIpc) is 2.62. The molecule has 0 saturated carbocycles. The van der Waals surface area contributed by atoms with Crippen LogP contribution in [0.1, 0.15) is 15.9 Å². The molecule has 3 rings (SSSR count). The molecule has 0 unspecified atom stereocenters. The van der Waals surface area contributed by atoms with E-state index in [4.69, 9.17) is 0 Å². The van der Waals surface area contributed by atoms with Crippen molar-refractivity contribution in [3.8, 4) is 11.1 Å². The van der Waals surface area contributed by atoms with Crippen LogP contribution in [0.2, 0.25) is 0 Å². The van der Waals surface area contributed by atoms with Crippen LogP contribution >= 0.6 is 0 Å². The van der Waals surface area contributed by atoms with Crippen LogP contribution in [0.15, 0.2) is 78.9 Å². The Hall–Kier alpha value is -3.08. The van der Waals surface area contributed by atoms with Gasteiger partial charge < -0.3 is 5.32 Å². The number of carbonyl (C=O) groups is 1. The van der Waals surface area contributed by atoms with Gasteiger partial charge in [-0.3, -0.25) is 4.79 Å². The van der Waals surface area contributed by atoms with Gasteiger partial charge in [-0.2, -0.15) is 13.2 Å². The average molecular weight is 341 g/mol. The number of rotatable bonds is 3. The van der Waals surface area contributed by atoms with Crippen LogP contribution in [-0.4, -0.2) is 5.91 Å². The van der Waals surface area contributed by atoms with Gasteiger partial charge in [-0.1, -0.05) is 48.5 Å². The molecule has 3 aromatic rings. The molecule has 1 N–H and O–H groups in total. The van der Waals surface area contributed by atoms with Crippen LogP contribution in [0.25, 0.3) is 11.1 Å². The maximum atomic E-state index is 12.7. The third kappa shape index (κ3) is 4.07. The van der Waals surface area contributed by atoms with Crippen molar-refractivity contribution in [1.82, 2.24) is 0 Å². The minimum absolute atomic E-state index is 0.104. The molecule has 126 valence electrons. The molecule has 1 amide bonds. The Balaban J connectivity index is 1.76. The Morgan fingerprint density at radius 3 is 2.04 bits per heavy atom. The van der Waals surface area contributed by atoms with Crippen LogP contribution in [-0.2, 0) is 6.18 Å². The highest BCUT2D eigenvalue weighted by Crippen LogP contribution is 2.30. The quantitative estimate of drug-likeness (QED) is 0.658. The maximum Gasteiger partial charge on any atom is 0.416 e. The third-order valence-corrected chi connectivity index (χ3v) is 3.70. The van der Waals surface area contributed by atoms with E-state index in [0.717, 1.165) is 23.3 Å². The minimum Gasteiger partial charge on any atom is -0.322 e. The third-order valence-electron chi connectivity index (χ3n) is 3.70. The largest absolute Gasteiger partial charge is 0.416 e. The molecule has 0 spiro atoms. The first-order valence-corrected chi connectivity index (χ1v) is 7.57. The summed E-state index contributed by atoms with van der Waals surface area (Å²) in [5.74, 6) is -0.459. The number of nitrogens with one attached hydrogen (secondary N) is 1. The van der Waals surface area contributed by atoms with Crippen LogP contribution < -0.4 is 5.32 Å². The zero-order valence-corrected chi connectivity index (χ0v) is 13.0. The molecule has 0 aromatic heterocycles. The smallest absolute Gasteiger partial charge is 0.322 e. The fourth-order valence-electron chi connectivity index (χ4n) is 2.42. The molecule has 0 heterocycles. The first-order valence-electron chi connectivity index (χ1n) is 7.57. The van der Waals surface area contributed by atoms with Crippen LogP contribution in [0.4, 0.5) is 18.9 Å². The monoisotopic (exact) mass is 341 g/mol. The van der Waals surface area contributed by atoms with Crippen molar-refractivity contribution < 1.29 is 18.0 Å². The molecule has 0 radical (unpaired) electrons. The first kappa shape index (κ1) is 16.8. The number of anilines is 1. The topological polar surface area (TPSA) is 29.1 Å². The van der Waals surface area contributed by atoms with Gasteiger partial charge in [-0.05, 0) is 41.5 Å². The maximum absolute atomic E-state index is 12.7. The van der Waals surface area contributed by atoms with E-state index in [1.165, 1.54) is 12.1 Å². The van der Waals surface area contributed by atoms with Gasteiger partial charge in [-0.15, -0.1) is 0 Å². The molecule has 0 saturated heterocycles. The van der Waals surface area contributed by atoms with Gasteiger partial charge in [0.1, 0.15) is 0 Å². The molecule has 0 aliphatic carbocycles. The van der Waals surface area contributed by atoms with Gasteiger partial charge in [0.15, 0.2) is 0 Å². The summed E-state index contributed by atoms with van der Waals surface area (Å²) in [6, 6.07) is 21.1. The SMILES string of the molecule is O=C(Nc1cccc(C(F)(F)F)c1)c1ccc(-c2ccccc2)cc1. The molecule has 25 heavy (non-hydrogen) atoms. The van der Waals surface area contributed by atoms with Crippen molar-refractivity contribution >= 4 is 11.6 Å². The van der Waals surface area contributed by atoms with Gasteiger partial charge in [0.2, 0.25) is 0 Å². The Labute approximate surface area is 142 Å². The summed E-state index contributed by atoms with van der Waals surface area (Å²) in [5.41, 5.74) is 1.65. The summed E-state index contributed by atoms with van der Waals surface area (Å²) < 4.78 is 38.2. The van der Waals surface area contributed by atoms with Crippen molar-refractivity contribution in [3.63, 3.8) is 0 Å². The zero-order chi connectivity index (χ0) is 17.9. The molecule has 2 nitrogen and oxygen atoms in total. The van der Waals surface area contributed by atoms with Crippen LogP contribution in [0, 0.1) is 0 Å². The normalized spacial score (nSPS) is 11.2. The van der Waals surface area contributed by atoms with Crippen molar-refractivity contribution in [3.05, 3.63) is 90.0 Å². The van der Waals surface area contributed by atoms with Gasteiger partial charge >= 0.3 is 6.18 Å². The molecular formula is C20H14F3NO. The lowest BCUT2D eigenvalue weighted by atomic mass is 10.0. The summed E-state index contributed by atoms with van der Waals surface area (Å²) in [6.45, 7) is 0. The van der Waals surface area contributed by atoms with Crippen molar-refractivity contribution in [2.45, 2.75) is 6.18 Å². The minimum atomic E-state index is -4.45. The van der Waals surface area contributed by atoms with Gasteiger partial charge in [0.25, 0.3) is 5.91 Å². The summed E-state index contributed by atoms with van der Waals surface area (Å²) >= 11 is 0. The lowest BCUT2D eigenvalue weighted by molar-refractivity contribution is -0.137. The molecule has 0 aliphatic heterocycles. The summed E-state index contributed by atoms with van der Waals surface area (Å²) in [7, 11) is 0. The number of hydrogen-bond donors (Lipinski definition) is 1. The van der Waals surface area contributed by atoms with Crippen molar-refractivity contribution in [2.24, 2.45) is 0 Å². The van der Waals surface area contributed by atoms with E-state index in [0.29, 0.717) is 5.56 Å². The van der Waals surface area contributed by atoms with Crippen molar-refractivity contribution in [2.75, 3.05) is 5.32 Å². The second-order valence-electron chi connectivity index (χ2n) is 5.48. The van der Waals surface area contributed by atoms with E-state index in [1.54, 1.807) is 24.3 Å². The number of hydrogen-bond acceptors (Lipinski definition) is 1. The Kier molecular flexibility index (Phi) is 4.57. The first-order chi connectivity index (χ1) is 11.9. The summed E-state index contributed by atoms with van der Waals surface area (Å²) in [6.07, 6.45) is -4.45. The Bertz CT molecular complexity index is 871. The van der Waals surface area contributed by atoms with Crippen LogP contribution in [0.5, 0.6) is 0 Å². The standard InChI is InChI=1S/C20H14F3NO/c21-20(22,23)17-7-4-8-18(13-17)24-19(25)16-11-9-15(10-12-16)14-5-2-1-3-6-14/h1-13H,(H,24,25). The van der Waals surface area contributed by atoms with E-state index < -0.39 is 17.6 Å². The van der Waals surface area contributed by atoms with Gasteiger partial charge in [0, 0.05) is 11.3 Å². The molecule has 0 fully saturated rings. The van der Waals surface area contributed by atoms with Crippen LogP contribution in [0.3, 0.4) is 0 Å². The predicted molar refractivity (Wildman–Crippen MR) is 91.3 cm³/mol. The lowest BCUT2D eigenvalue weighted by Gasteiger charge is -2.10. The zero-order valence-electron chi connectivity index (χ0n) is 13.0. The van der Waals surface area contributed by atoms with Crippen molar-refractivity contribution in [1.29, 1.82) is 0 Å². The number of carbonyl (C=O) groups excluding carboxylic acids is 1. The molecule has 0 aliphatic rings. The fourth-order valence-corrected chi connectivity index (χ4v) is 2.42. The molecule has 3 aromatic carbocycles. The van der Waals surface area contributed by atoms with E-state index in [-0.39, 0.29) is 5.69 Å².